The Morgan fingerprint density at radius 2 is 1.90 bits per heavy atom. The Morgan fingerprint density at radius 3 is 2.71 bits per heavy atom. The molecule has 0 atom stereocenters. The van der Waals surface area contributed by atoms with Gasteiger partial charge in [-0.25, -0.2) is 0 Å². The van der Waals surface area contributed by atoms with Gasteiger partial charge in [-0.1, -0.05) is 35.5 Å². The maximum atomic E-state index is 5.88. The second-order valence-corrected chi connectivity index (χ2v) is 5.17. The monoisotopic (exact) mass is 281 g/mol. The SMILES string of the molecule is CON=C1CCCc2cc(OCc3ccccc3)ccc21. The molecule has 108 valence electrons. The summed E-state index contributed by atoms with van der Waals surface area (Å²) in [6.07, 6.45) is 3.16. The number of oxime groups is 1. The number of hydrogen-bond acceptors (Lipinski definition) is 3. The van der Waals surface area contributed by atoms with Crippen molar-refractivity contribution in [3.8, 4) is 5.75 Å². The number of hydrogen-bond donors (Lipinski definition) is 0. The fourth-order valence-electron chi connectivity index (χ4n) is 2.68. The first-order chi connectivity index (χ1) is 10.4. The van der Waals surface area contributed by atoms with Crippen molar-refractivity contribution < 1.29 is 9.57 Å². The van der Waals surface area contributed by atoms with E-state index >= 15 is 0 Å². The quantitative estimate of drug-likeness (QED) is 0.794. The molecule has 0 radical (unpaired) electrons. The van der Waals surface area contributed by atoms with E-state index in [2.05, 4.69) is 29.4 Å². The second-order valence-electron chi connectivity index (χ2n) is 5.17. The highest BCUT2D eigenvalue weighted by Crippen LogP contribution is 2.26. The first kappa shape index (κ1) is 13.7. The van der Waals surface area contributed by atoms with Crippen LogP contribution in [0.1, 0.15) is 29.5 Å². The van der Waals surface area contributed by atoms with Crippen molar-refractivity contribution in [2.45, 2.75) is 25.9 Å². The third-order valence-electron chi connectivity index (χ3n) is 3.70. The van der Waals surface area contributed by atoms with E-state index in [-0.39, 0.29) is 0 Å². The molecular formula is C18H19NO2. The highest BCUT2D eigenvalue weighted by Gasteiger charge is 2.16. The van der Waals surface area contributed by atoms with E-state index in [4.69, 9.17) is 9.57 Å². The third kappa shape index (κ3) is 3.24. The molecular weight excluding hydrogens is 262 g/mol. The summed E-state index contributed by atoms with van der Waals surface area (Å²) < 4.78 is 5.88. The summed E-state index contributed by atoms with van der Waals surface area (Å²) in [7, 11) is 1.60. The largest absolute Gasteiger partial charge is 0.489 e. The van der Waals surface area contributed by atoms with Crippen molar-refractivity contribution in [2.24, 2.45) is 5.16 Å². The predicted octanol–water partition coefficient (Wildman–Crippen LogP) is 3.95. The maximum absolute atomic E-state index is 5.88. The molecule has 0 unspecified atom stereocenters. The lowest BCUT2D eigenvalue weighted by atomic mass is 9.90. The summed E-state index contributed by atoms with van der Waals surface area (Å²) in [5.41, 5.74) is 4.70. The molecule has 3 rings (SSSR count). The lowest BCUT2D eigenvalue weighted by Gasteiger charge is -2.18. The molecule has 0 N–H and O–H groups in total. The minimum absolute atomic E-state index is 0.596. The summed E-state index contributed by atoms with van der Waals surface area (Å²) in [5, 5.41) is 4.12. The predicted molar refractivity (Wildman–Crippen MR) is 83.7 cm³/mol. The minimum atomic E-state index is 0.596. The molecule has 2 aromatic carbocycles. The molecule has 1 aliphatic rings. The van der Waals surface area contributed by atoms with Crippen LogP contribution in [0, 0.1) is 0 Å². The van der Waals surface area contributed by atoms with Gasteiger partial charge in [-0.2, -0.15) is 0 Å². The molecule has 3 nitrogen and oxygen atoms in total. The average molecular weight is 281 g/mol. The fraction of sp³-hybridized carbons (Fsp3) is 0.278. The molecule has 0 aliphatic heterocycles. The van der Waals surface area contributed by atoms with Crippen LogP contribution in [-0.2, 0) is 17.9 Å². The van der Waals surface area contributed by atoms with Crippen LogP contribution in [0.3, 0.4) is 0 Å². The van der Waals surface area contributed by atoms with Gasteiger partial charge in [0.2, 0.25) is 0 Å². The molecule has 0 amide bonds. The molecule has 0 fully saturated rings. The third-order valence-corrected chi connectivity index (χ3v) is 3.70. The summed E-state index contributed by atoms with van der Waals surface area (Å²) >= 11 is 0. The fourth-order valence-corrected chi connectivity index (χ4v) is 2.68. The van der Waals surface area contributed by atoms with Crippen LogP contribution >= 0.6 is 0 Å². The Hall–Kier alpha value is -2.29. The second kappa shape index (κ2) is 6.44. The summed E-state index contributed by atoms with van der Waals surface area (Å²) in [5.74, 6) is 0.913. The van der Waals surface area contributed by atoms with Crippen molar-refractivity contribution in [3.05, 3.63) is 65.2 Å². The highest BCUT2D eigenvalue weighted by molar-refractivity contribution is 6.02. The zero-order chi connectivity index (χ0) is 14.5. The Morgan fingerprint density at radius 1 is 1.05 bits per heavy atom. The Labute approximate surface area is 125 Å². The van der Waals surface area contributed by atoms with Gasteiger partial charge >= 0.3 is 0 Å². The first-order valence-electron chi connectivity index (χ1n) is 7.27. The van der Waals surface area contributed by atoms with Crippen molar-refractivity contribution in [1.29, 1.82) is 0 Å². The van der Waals surface area contributed by atoms with Gasteiger partial charge < -0.3 is 9.57 Å². The summed E-state index contributed by atoms with van der Waals surface area (Å²) in [4.78, 5) is 4.93. The molecule has 2 aromatic rings. The van der Waals surface area contributed by atoms with Crippen molar-refractivity contribution in [2.75, 3.05) is 7.11 Å². The van der Waals surface area contributed by atoms with Crippen molar-refractivity contribution in [1.82, 2.24) is 0 Å². The number of benzene rings is 2. The molecule has 0 aromatic heterocycles. The number of fused-ring (bicyclic) bond motifs is 1. The van der Waals surface area contributed by atoms with Crippen LogP contribution in [0.4, 0.5) is 0 Å². The molecule has 0 spiro atoms. The normalized spacial score (nSPS) is 15.6. The smallest absolute Gasteiger partial charge is 0.120 e. The van der Waals surface area contributed by atoms with Crippen LogP contribution in [0.15, 0.2) is 53.7 Å². The molecule has 0 bridgehead atoms. The van der Waals surface area contributed by atoms with Crippen LogP contribution in [-0.4, -0.2) is 12.8 Å². The molecule has 0 heterocycles. The molecule has 0 saturated carbocycles. The summed E-state index contributed by atoms with van der Waals surface area (Å²) in [6.45, 7) is 0.596. The van der Waals surface area contributed by atoms with Crippen molar-refractivity contribution >= 4 is 5.71 Å². The number of aryl methyl sites for hydroxylation is 1. The zero-order valence-corrected chi connectivity index (χ0v) is 12.2. The number of ether oxygens (including phenoxy) is 1. The van der Waals surface area contributed by atoms with E-state index in [0.29, 0.717) is 6.61 Å². The van der Waals surface area contributed by atoms with E-state index in [0.717, 1.165) is 30.7 Å². The van der Waals surface area contributed by atoms with Crippen molar-refractivity contribution in [3.63, 3.8) is 0 Å². The Kier molecular flexibility index (Phi) is 4.20. The lowest BCUT2D eigenvalue weighted by molar-refractivity contribution is 0.212. The molecule has 1 aliphatic carbocycles. The van der Waals surface area contributed by atoms with E-state index in [1.54, 1.807) is 7.11 Å². The van der Waals surface area contributed by atoms with Crippen LogP contribution in [0.5, 0.6) is 5.75 Å². The van der Waals surface area contributed by atoms with E-state index in [9.17, 15) is 0 Å². The van der Waals surface area contributed by atoms with Gasteiger partial charge in [-0.3, -0.25) is 0 Å². The van der Waals surface area contributed by atoms with Crippen LogP contribution in [0.2, 0.25) is 0 Å². The number of nitrogens with zero attached hydrogens (tertiary/aromatic N) is 1. The average Bonchev–Trinajstić information content (AvgIpc) is 2.54. The zero-order valence-electron chi connectivity index (χ0n) is 12.2. The topological polar surface area (TPSA) is 30.8 Å². The van der Waals surface area contributed by atoms with Gasteiger partial charge in [0.15, 0.2) is 0 Å². The summed E-state index contributed by atoms with van der Waals surface area (Å²) in [6, 6.07) is 16.4. The van der Waals surface area contributed by atoms with Gasteiger partial charge in [-0.05, 0) is 48.6 Å². The van der Waals surface area contributed by atoms with Gasteiger partial charge in [0.25, 0.3) is 0 Å². The van der Waals surface area contributed by atoms with Crippen LogP contribution in [0.25, 0.3) is 0 Å². The lowest BCUT2D eigenvalue weighted by Crippen LogP contribution is -2.12. The highest BCUT2D eigenvalue weighted by atomic mass is 16.6. The van der Waals surface area contributed by atoms with Crippen LogP contribution < -0.4 is 4.74 Å². The first-order valence-corrected chi connectivity index (χ1v) is 7.27. The van der Waals surface area contributed by atoms with Gasteiger partial charge in [0, 0.05) is 5.56 Å². The molecule has 0 saturated heterocycles. The Bertz CT molecular complexity index is 635. The van der Waals surface area contributed by atoms with E-state index < -0.39 is 0 Å². The standard InChI is InChI=1S/C18H19NO2/c1-20-19-18-9-5-8-15-12-16(10-11-17(15)18)21-13-14-6-3-2-4-7-14/h2-4,6-7,10-12H,5,8-9,13H2,1H3. The number of rotatable bonds is 4. The van der Waals surface area contributed by atoms with E-state index in [1.807, 2.05) is 24.3 Å². The molecule has 21 heavy (non-hydrogen) atoms. The van der Waals surface area contributed by atoms with Gasteiger partial charge in [-0.15, -0.1) is 0 Å². The van der Waals surface area contributed by atoms with Gasteiger partial charge in [0.05, 0.1) is 5.71 Å². The minimum Gasteiger partial charge on any atom is -0.489 e. The molecule has 3 heteroatoms. The Balaban J connectivity index is 1.75. The van der Waals surface area contributed by atoms with E-state index in [1.165, 1.54) is 16.7 Å². The maximum Gasteiger partial charge on any atom is 0.120 e. The van der Waals surface area contributed by atoms with Gasteiger partial charge in [0.1, 0.15) is 19.5 Å².